The van der Waals surface area contributed by atoms with E-state index in [9.17, 15) is 9.59 Å². The number of hydrogen-bond donors (Lipinski definition) is 1. The summed E-state index contributed by atoms with van der Waals surface area (Å²) in [6.07, 6.45) is 0. The third kappa shape index (κ3) is 3.95. The maximum atomic E-state index is 13.0. The summed E-state index contributed by atoms with van der Waals surface area (Å²) >= 11 is 1.06. The number of carbonyl (C=O) groups excluding carboxylic acids is 2. The number of nitrogens with one attached hydrogen (secondary N) is 1. The van der Waals surface area contributed by atoms with Crippen molar-refractivity contribution in [3.8, 4) is 5.75 Å². The lowest BCUT2D eigenvalue weighted by molar-refractivity contribution is -0.127. The van der Waals surface area contributed by atoms with Crippen molar-refractivity contribution in [2.45, 2.75) is 34.6 Å². The molecule has 0 saturated carbocycles. The normalized spacial score (nSPS) is 15.9. The molecule has 2 aromatic rings. The Morgan fingerprint density at radius 2 is 2.15 bits per heavy atom. The zero-order valence-corrected chi connectivity index (χ0v) is 17.0. The fraction of sp³-hybridized carbons (Fsp3) is 0.474. The number of hydrogen-bond acceptors (Lipinski definition) is 6. The molecule has 0 fully saturated rings. The molecule has 0 atom stereocenters. The highest BCUT2D eigenvalue weighted by atomic mass is 32.1. The molecule has 7 nitrogen and oxygen atoms in total. The van der Waals surface area contributed by atoms with Crippen LogP contribution in [-0.2, 0) is 4.79 Å². The van der Waals surface area contributed by atoms with E-state index in [1.54, 1.807) is 24.0 Å². The number of benzene rings is 1. The number of nitrogens with zero attached hydrogens (tertiary/aromatic N) is 3. The minimum Gasteiger partial charge on any atom is -0.490 e. The number of aryl methyl sites for hydroxylation is 1. The van der Waals surface area contributed by atoms with Gasteiger partial charge in [-0.05, 0) is 50.4 Å². The smallest absolute Gasteiger partial charge is 0.269 e. The molecule has 8 heteroatoms. The van der Waals surface area contributed by atoms with Crippen LogP contribution in [0, 0.1) is 18.3 Å². The molecule has 0 unspecified atom stereocenters. The van der Waals surface area contributed by atoms with Crippen molar-refractivity contribution in [3.05, 3.63) is 28.8 Å². The number of amides is 2. The van der Waals surface area contributed by atoms with Crippen molar-refractivity contribution in [2.24, 2.45) is 11.3 Å². The van der Waals surface area contributed by atoms with Crippen LogP contribution < -0.4 is 15.0 Å². The number of anilines is 2. The summed E-state index contributed by atoms with van der Waals surface area (Å²) in [6, 6.07) is 5.37. The summed E-state index contributed by atoms with van der Waals surface area (Å²) in [5, 5.41) is 6.71. The van der Waals surface area contributed by atoms with Crippen LogP contribution in [0.5, 0.6) is 5.75 Å². The maximum Gasteiger partial charge on any atom is 0.269 e. The van der Waals surface area contributed by atoms with Crippen LogP contribution in [-0.4, -0.2) is 34.6 Å². The summed E-state index contributed by atoms with van der Waals surface area (Å²) < 4.78 is 9.74. The molecule has 1 N–H and O–H groups in total. The van der Waals surface area contributed by atoms with Crippen molar-refractivity contribution < 1.29 is 14.3 Å². The zero-order valence-electron chi connectivity index (χ0n) is 16.2. The van der Waals surface area contributed by atoms with Gasteiger partial charge >= 0.3 is 0 Å². The quantitative estimate of drug-likeness (QED) is 0.866. The van der Waals surface area contributed by atoms with Gasteiger partial charge in [-0.15, -0.1) is 5.10 Å². The molecule has 144 valence electrons. The molecule has 1 aliphatic heterocycles. The van der Waals surface area contributed by atoms with Crippen LogP contribution in [0.25, 0.3) is 0 Å². The number of carbonyl (C=O) groups is 2. The fourth-order valence-corrected chi connectivity index (χ4v) is 3.45. The molecule has 0 spiro atoms. The average molecular weight is 388 g/mol. The molecule has 0 saturated heterocycles. The molecule has 27 heavy (non-hydrogen) atoms. The van der Waals surface area contributed by atoms with Crippen molar-refractivity contribution in [1.29, 1.82) is 0 Å². The summed E-state index contributed by atoms with van der Waals surface area (Å²) in [5.74, 6) is 0.688. The lowest BCUT2D eigenvalue weighted by Crippen LogP contribution is -2.43. The second-order valence-corrected chi connectivity index (χ2v) is 8.56. The summed E-state index contributed by atoms with van der Waals surface area (Å²) in [4.78, 5) is 27.7. The molecule has 0 radical (unpaired) electrons. The molecule has 1 aromatic carbocycles. The average Bonchev–Trinajstić information content (AvgIpc) is 3.00. The van der Waals surface area contributed by atoms with E-state index in [4.69, 9.17) is 4.74 Å². The Morgan fingerprint density at radius 3 is 2.78 bits per heavy atom. The molecular weight excluding hydrogens is 364 g/mol. The zero-order chi connectivity index (χ0) is 19.8. The predicted molar refractivity (Wildman–Crippen MR) is 106 cm³/mol. The molecule has 2 heterocycles. The third-order valence-electron chi connectivity index (χ3n) is 4.33. The van der Waals surface area contributed by atoms with E-state index in [1.807, 2.05) is 19.9 Å². The minimum atomic E-state index is -0.622. The van der Waals surface area contributed by atoms with Crippen molar-refractivity contribution >= 4 is 34.7 Å². The summed E-state index contributed by atoms with van der Waals surface area (Å²) in [5.41, 5.74) is 1.30. The van der Waals surface area contributed by atoms with Crippen LogP contribution >= 0.6 is 11.5 Å². The lowest BCUT2D eigenvalue weighted by atomic mass is 9.92. The SMILES string of the molecule is Cc1nnsc1C(=O)Nc1ccc2c(c1)OCC(C)(C)C(=O)N2CC(C)C. The summed E-state index contributed by atoms with van der Waals surface area (Å²) in [6.45, 7) is 10.6. The Hall–Kier alpha value is -2.48. The molecule has 0 bridgehead atoms. The molecule has 1 aromatic heterocycles. The van der Waals surface area contributed by atoms with Gasteiger partial charge in [-0.2, -0.15) is 0 Å². The third-order valence-corrected chi connectivity index (χ3v) is 5.15. The van der Waals surface area contributed by atoms with Crippen molar-refractivity contribution in [3.63, 3.8) is 0 Å². The topological polar surface area (TPSA) is 84.4 Å². The minimum absolute atomic E-state index is 0.0399. The van der Waals surface area contributed by atoms with E-state index in [2.05, 4.69) is 28.8 Å². The van der Waals surface area contributed by atoms with Gasteiger partial charge < -0.3 is 15.0 Å². The number of fused-ring (bicyclic) bond motifs is 1. The second kappa shape index (κ2) is 7.26. The van der Waals surface area contributed by atoms with Gasteiger partial charge in [-0.3, -0.25) is 9.59 Å². The fourth-order valence-electron chi connectivity index (χ4n) is 2.90. The van der Waals surface area contributed by atoms with Crippen LogP contribution in [0.2, 0.25) is 0 Å². The Balaban J connectivity index is 1.91. The Bertz CT molecular complexity index is 876. The van der Waals surface area contributed by atoms with Crippen molar-refractivity contribution in [2.75, 3.05) is 23.4 Å². The van der Waals surface area contributed by atoms with Crippen LogP contribution in [0.4, 0.5) is 11.4 Å². The van der Waals surface area contributed by atoms with Gasteiger partial charge in [0.05, 0.1) is 16.8 Å². The highest BCUT2D eigenvalue weighted by molar-refractivity contribution is 7.08. The van der Waals surface area contributed by atoms with Gasteiger partial charge in [0, 0.05) is 18.3 Å². The molecular formula is C19H24N4O3S. The Morgan fingerprint density at radius 1 is 1.41 bits per heavy atom. The number of rotatable bonds is 4. The highest BCUT2D eigenvalue weighted by Crippen LogP contribution is 2.38. The van der Waals surface area contributed by atoms with Crippen LogP contribution in [0.1, 0.15) is 43.1 Å². The number of aromatic nitrogens is 2. The Kier molecular flexibility index (Phi) is 5.19. The van der Waals surface area contributed by atoms with Gasteiger partial charge in [0.1, 0.15) is 17.2 Å². The first kappa shape index (κ1) is 19.3. The van der Waals surface area contributed by atoms with E-state index >= 15 is 0 Å². The van der Waals surface area contributed by atoms with Gasteiger partial charge in [0.25, 0.3) is 5.91 Å². The number of ether oxygens (including phenoxy) is 1. The molecule has 0 aliphatic carbocycles. The van der Waals surface area contributed by atoms with Gasteiger partial charge in [-0.25, -0.2) is 0 Å². The molecule has 2 amide bonds. The highest BCUT2D eigenvalue weighted by Gasteiger charge is 2.38. The van der Waals surface area contributed by atoms with Gasteiger partial charge in [0.15, 0.2) is 0 Å². The Labute approximate surface area is 162 Å². The predicted octanol–water partition coefficient (Wildman–Crippen LogP) is 3.51. The lowest BCUT2D eigenvalue weighted by Gasteiger charge is -2.29. The van der Waals surface area contributed by atoms with E-state index in [-0.39, 0.29) is 18.4 Å². The molecule has 1 aliphatic rings. The standard InChI is InChI=1S/C19H24N4O3S/c1-11(2)9-23-14-7-6-13(20-17(24)16-12(3)21-22-27-16)8-15(14)26-10-19(4,5)18(23)25/h6-8,11H,9-10H2,1-5H3,(H,20,24). The monoisotopic (exact) mass is 388 g/mol. The largest absolute Gasteiger partial charge is 0.490 e. The van der Waals surface area contributed by atoms with E-state index in [1.165, 1.54) is 0 Å². The maximum absolute atomic E-state index is 13.0. The van der Waals surface area contributed by atoms with E-state index in [0.717, 1.165) is 17.2 Å². The van der Waals surface area contributed by atoms with E-state index < -0.39 is 5.41 Å². The van der Waals surface area contributed by atoms with Crippen molar-refractivity contribution in [1.82, 2.24) is 9.59 Å². The van der Waals surface area contributed by atoms with Gasteiger partial charge in [-0.1, -0.05) is 18.3 Å². The molecule has 3 rings (SSSR count). The first-order chi connectivity index (χ1) is 12.7. The van der Waals surface area contributed by atoms with Gasteiger partial charge in [0.2, 0.25) is 5.91 Å². The van der Waals surface area contributed by atoms with E-state index in [0.29, 0.717) is 34.5 Å². The van der Waals surface area contributed by atoms with Crippen LogP contribution in [0.15, 0.2) is 18.2 Å². The summed E-state index contributed by atoms with van der Waals surface area (Å²) in [7, 11) is 0. The first-order valence-electron chi connectivity index (χ1n) is 8.88. The second-order valence-electron chi connectivity index (χ2n) is 7.81. The van der Waals surface area contributed by atoms with Crippen LogP contribution in [0.3, 0.4) is 0 Å². The first-order valence-corrected chi connectivity index (χ1v) is 9.65.